The van der Waals surface area contributed by atoms with E-state index in [-0.39, 0.29) is 12.6 Å². The molecule has 0 aliphatic carbocycles. The van der Waals surface area contributed by atoms with Crippen LogP contribution in [0.25, 0.3) is 12.2 Å². The average Bonchev–Trinajstić information content (AvgIpc) is 2.85. The highest BCUT2D eigenvalue weighted by molar-refractivity contribution is 5.69. The molecule has 0 amide bonds. The van der Waals surface area contributed by atoms with Crippen molar-refractivity contribution in [3.05, 3.63) is 101 Å². The van der Waals surface area contributed by atoms with E-state index < -0.39 is 0 Å². The Labute approximate surface area is 197 Å². The minimum atomic E-state index is 0.221. The predicted molar refractivity (Wildman–Crippen MR) is 135 cm³/mol. The Balaban J connectivity index is 1.31. The van der Waals surface area contributed by atoms with Gasteiger partial charge >= 0.3 is 0 Å². The Morgan fingerprint density at radius 2 is 1.64 bits per heavy atom. The highest BCUT2D eigenvalue weighted by Gasteiger charge is 2.48. The molecular weight excluding hydrogens is 406 g/mol. The van der Waals surface area contributed by atoms with Crippen molar-refractivity contribution >= 4 is 12.2 Å². The Bertz CT molecular complexity index is 1040. The van der Waals surface area contributed by atoms with Gasteiger partial charge in [0.1, 0.15) is 0 Å². The van der Waals surface area contributed by atoms with Gasteiger partial charge in [-0.3, -0.25) is 14.8 Å². The summed E-state index contributed by atoms with van der Waals surface area (Å²) in [7, 11) is 0. The maximum atomic E-state index is 10.2. The van der Waals surface area contributed by atoms with Crippen LogP contribution >= 0.6 is 0 Å². The smallest absolute Gasteiger partial charge is 0.0593 e. The first-order valence-corrected chi connectivity index (χ1v) is 12.1. The summed E-state index contributed by atoms with van der Waals surface area (Å²) in [6.45, 7) is 4.41. The Kier molecular flexibility index (Phi) is 6.96. The number of aliphatic hydroxyl groups is 1. The van der Waals surface area contributed by atoms with Gasteiger partial charge in [-0.1, -0.05) is 72.8 Å². The van der Waals surface area contributed by atoms with Crippen molar-refractivity contribution in [2.24, 2.45) is 0 Å². The van der Waals surface area contributed by atoms with Crippen molar-refractivity contribution in [2.75, 3.05) is 26.2 Å². The molecule has 2 aliphatic heterocycles. The molecule has 0 saturated carbocycles. The Hall–Kier alpha value is -2.79. The van der Waals surface area contributed by atoms with Crippen molar-refractivity contribution in [1.29, 1.82) is 0 Å². The van der Waals surface area contributed by atoms with Gasteiger partial charge in [0.25, 0.3) is 0 Å². The van der Waals surface area contributed by atoms with Crippen LogP contribution in [0.2, 0.25) is 0 Å². The molecule has 170 valence electrons. The van der Waals surface area contributed by atoms with E-state index in [0.29, 0.717) is 12.0 Å². The number of hydrogen-bond donors (Lipinski definition) is 1. The highest BCUT2D eigenvalue weighted by atomic mass is 16.3. The van der Waals surface area contributed by atoms with Crippen LogP contribution in [0.5, 0.6) is 0 Å². The van der Waals surface area contributed by atoms with E-state index in [1.54, 1.807) is 0 Å². The lowest BCUT2D eigenvalue weighted by Crippen LogP contribution is -2.67. The monoisotopic (exact) mass is 439 g/mol. The molecule has 2 fully saturated rings. The third-order valence-electron chi connectivity index (χ3n) is 7.17. The summed E-state index contributed by atoms with van der Waals surface area (Å²) in [5, 5.41) is 10.2. The van der Waals surface area contributed by atoms with E-state index in [0.717, 1.165) is 26.2 Å². The predicted octanol–water partition coefficient (Wildman–Crippen LogP) is 4.68. The van der Waals surface area contributed by atoms with Gasteiger partial charge in [-0.05, 0) is 54.3 Å². The number of rotatable bonds is 6. The van der Waals surface area contributed by atoms with E-state index >= 15 is 0 Å². The van der Waals surface area contributed by atoms with Gasteiger partial charge in [-0.2, -0.15) is 0 Å². The fourth-order valence-corrected chi connectivity index (χ4v) is 5.49. The van der Waals surface area contributed by atoms with Gasteiger partial charge in [-0.25, -0.2) is 0 Å². The van der Waals surface area contributed by atoms with Crippen molar-refractivity contribution < 1.29 is 5.11 Å². The van der Waals surface area contributed by atoms with Crippen LogP contribution in [0.1, 0.15) is 41.0 Å². The van der Waals surface area contributed by atoms with Gasteiger partial charge in [0.2, 0.25) is 0 Å². The van der Waals surface area contributed by atoms with Crippen molar-refractivity contribution in [3.8, 4) is 0 Å². The normalized spacial score (nSPS) is 24.1. The van der Waals surface area contributed by atoms with Crippen LogP contribution in [-0.4, -0.2) is 58.2 Å². The molecule has 3 aromatic rings. The lowest BCUT2D eigenvalue weighted by molar-refractivity contribution is -0.0655. The molecule has 0 unspecified atom stereocenters. The van der Waals surface area contributed by atoms with Crippen LogP contribution in [0.4, 0.5) is 0 Å². The fraction of sp³-hybridized carbons (Fsp3) is 0.345. The molecule has 3 atom stereocenters. The number of fused-ring (bicyclic) bond motifs is 1. The first-order chi connectivity index (χ1) is 16.3. The molecule has 0 radical (unpaired) electrons. The number of aromatic nitrogens is 1. The number of hydrogen-bond acceptors (Lipinski definition) is 4. The quantitative estimate of drug-likeness (QED) is 0.566. The van der Waals surface area contributed by atoms with Gasteiger partial charge in [0.15, 0.2) is 0 Å². The average molecular weight is 440 g/mol. The summed E-state index contributed by atoms with van der Waals surface area (Å²) in [5.41, 5.74) is 5.03. The summed E-state index contributed by atoms with van der Waals surface area (Å²) in [6.07, 6.45) is 10.5. The molecule has 0 bridgehead atoms. The zero-order valence-corrected chi connectivity index (χ0v) is 19.1. The Morgan fingerprint density at radius 1 is 0.879 bits per heavy atom. The summed E-state index contributed by atoms with van der Waals surface area (Å²) in [6, 6.07) is 24.2. The summed E-state index contributed by atoms with van der Waals surface area (Å²) in [4.78, 5) is 9.41. The second-order valence-electron chi connectivity index (χ2n) is 9.30. The summed E-state index contributed by atoms with van der Waals surface area (Å²) >= 11 is 0. The largest absolute Gasteiger partial charge is 0.395 e. The van der Waals surface area contributed by atoms with Crippen LogP contribution in [0.3, 0.4) is 0 Å². The molecule has 4 heteroatoms. The third-order valence-corrected chi connectivity index (χ3v) is 7.17. The van der Waals surface area contributed by atoms with E-state index in [1.165, 1.54) is 35.1 Å². The van der Waals surface area contributed by atoms with Crippen LogP contribution < -0.4 is 0 Å². The minimum absolute atomic E-state index is 0.221. The molecule has 1 aromatic heterocycles. The number of aliphatic hydroxyl groups excluding tert-OH is 1. The zero-order chi connectivity index (χ0) is 22.5. The summed E-state index contributed by atoms with van der Waals surface area (Å²) in [5.74, 6) is 0.372. The van der Waals surface area contributed by atoms with E-state index in [1.807, 2.05) is 24.5 Å². The van der Waals surface area contributed by atoms with Gasteiger partial charge in [-0.15, -0.1) is 0 Å². The number of nitrogens with zero attached hydrogens (tertiary/aromatic N) is 3. The summed E-state index contributed by atoms with van der Waals surface area (Å²) < 4.78 is 0. The molecule has 2 aliphatic rings. The molecule has 3 heterocycles. The van der Waals surface area contributed by atoms with Gasteiger partial charge in [0.05, 0.1) is 6.61 Å². The van der Waals surface area contributed by atoms with Crippen LogP contribution in [0.15, 0.2) is 79.1 Å². The fourth-order valence-electron chi connectivity index (χ4n) is 5.49. The minimum Gasteiger partial charge on any atom is -0.395 e. The van der Waals surface area contributed by atoms with Gasteiger partial charge in [0, 0.05) is 43.5 Å². The first kappa shape index (κ1) is 22.0. The molecule has 0 spiro atoms. The zero-order valence-electron chi connectivity index (χ0n) is 19.1. The van der Waals surface area contributed by atoms with Gasteiger partial charge < -0.3 is 5.11 Å². The number of pyridine rings is 1. The van der Waals surface area contributed by atoms with E-state index in [2.05, 4.69) is 81.5 Å². The molecule has 5 rings (SSSR count). The third kappa shape index (κ3) is 5.09. The standard InChI is InChI=1S/C29H33N3O/c33-22-28-29(26-14-12-24(13-15-26)11-10-23-7-2-1-3-8-23)27-21-31(17-4-5-18-32(27)28)20-25-9-6-16-30-19-25/h1-3,6-16,19,27-29,33H,4-5,17-18,20-22H2/b11-10+/t27-,28+,29+/m1/s1. The maximum Gasteiger partial charge on any atom is 0.0593 e. The van der Waals surface area contributed by atoms with E-state index in [9.17, 15) is 5.11 Å². The van der Waals surface area contributed by atoms with Crippen molar-refractivity contribution in [3.63, 3.8) is 0 Å². The lowest BCUT2D eigenvalue weighted by atomic mass is 9.74. The maximum absolute atomic E-state index is 10.2. The molecule has 4 nitrogen and oxygen atoms in total. The topological polar surface area (TPSA) is 39.6 Å². The highest BCUT2D eigenvalue weighted by Crippen LogP contribution is 2.42. The Morgan fingerprint density at radius 3 is 2.36 bits per heavy atom. The first-order valence-electron chi connectivity index (χ1n) is 12.1. The van der Waals surface area contributed by atoms with Crippen molar-refractivity contribution in [1.82, 2.24) is 14.8 Å². The molecular formula is C29H33N3O. The molecule has 2 saturated heterocycles. The SMILES string of the molecule is OC[C@H]1[C@@H](c2ccc(/C=C/c3ccccc3)cc2)[C@H]2CN(Cc3cccnc3)CCCCN21. The lowest BCUT2D eigenvalue weighted by Gasteiger charge is -2.57. The van der Waals surface area contributed by atoms with Crippen LogP contribution in [0, 0.1) is 0 Å². The molecule has 2 aromatic carbocycles. The number of benzene rings is 2. The molecule has 33 heavy (non-hydrogen) atoms. The van der Waals surface area contributed by atoms with E-state index in [4.69, 9.17) is 0 Å². The van der Waals surface area contributed by atoms with Crippen molar-refractivity contribution in [2.45, 2.75) is 37.4 Å². The molecule has 1 N–H and O–H groups in total. The second kappa shape index (κ2) is 10.4. The second-order valence-corrected chi connectivity index (χ2v) is 9.30. The van der Waals surface area contributed by atoms with Crippen LogP contribution in [-0.2, 0) is 6.54 Å².